The molecule has 7 heteroatoms. The molecule has 0 aromatic heterocycles. The van der Waals surface area contributed by atoms with E-state index < -0.39 is 6.04 Å². The van der Waals surface area contributed by atoms with Gasteiger partial charge in [-0.25, -0.2) is 0 Å². The molecule has 0 saturated heterocycles. The zero-order valence-electron chi connectivity index (χ0n) is 14.6. The van der Waals surface area contributed by atoms with Crippen molar-refractivity contribution in [3.05, 3.63) is 65.2 Å². The minimum absolute atomic E-state index is 0. The average molecular weight is 397 g/mol. The van der Waals surface area contributed by atoms with Crippen molar-refractivity contribution in [3.63, 3.8) is 0 Å². The quantitative estimate of drug-likeness (QED) is 0.549. The van der Waals surface area contributed by atoms with E-state index in [9.17, 15) is 9.59 Å². The molecule has 1 unspecified atom stereocenters. The highest BCUT2D eigenvalue weighted by Gasteiger charge is 2.30. The Labute approximate surface area is 164 Å². The number of hydrogen-bond acceptors (Lipinski definition) is 4. The number of methoxy groups -OCH3 is 1. The van der Waals surface area contributed by atoms with Crippen LogP contribution in [-0.4, -0.2) is 45.0 Å². The Kier molecular flexibility index (Phi) is 9.30. The lowest BCUT2D eigenvalue weighted by molar-refractivity contribution is -0.119. The number of nitrogens with one attached hydrogen (secondary N) is 1. The van der Waals surface area contributed by atoms with Crippen molar-refractivity contribution < 1.29 is 14.3 Å². The molecule has 0 aliphatic carbocycles. The van der Waals surface area contributed by atoms with E-state index in [0.717, 1.165) is 0 Å². The summed E-state index contributed by atoms with van der Waals surface area (Å²) in [6.45, 7) is 0.720. The summed E-state index contributed by atoms with van der Waals surface area (Å²) >= 11 is 5.86. The molecule has 2 aromatic carbocycles. The lowest BCUT2D eigenvalue weighted by atomic mass is 10.0. The molecule has 26 heavy (non-hydrogen) atoms. The number of benzene rings is 2. The number of carbonyl (C=O) groups excluding carboxylic acids is 2. The smallest absolute Gasteiger partial charge is 0.252 e. The van der Waals surface area contributed by atoms with Gasteiger partial charge >= 0.3 is 0 Å². The van der Waals surface area contributed by atoms with Gasteiger partial charge in [-0.2, -0.15) is 0 Å². The van der Waals surface area contributed by atoms with Crippen LogP contribution in [0.15, 0.2) is 54.6 Å². The maximum Gasteiger partial charge on any atom is 0.252 e. The monoisotopic (exact) mass is 396 g/mol. The van der Waals surface area contributed by atoms with Crippen molar-refractivity contribution >= 4 is 41.4 Å². The van der Waals surface area contributed by atoms with E-state index in [1.807, 2.05) is 30.3 Å². The fraction of sp³-hybridized carbons (Fsp3) is 0.263. The molecule has 1 atom stereocenters. The van der Waals surface area contributed by atoms with Gasteiger partial charge in [0.15, 0.2) is 11.8 Å². The molecule has 1 amide bonds. The highest BCUT2D eigenvalue weighted by atomic mass is 35.5. The number of ether oxygens (including phenoxy) is 1. The predicted octanol–water partition coefficient (Wildman–Crippen LogP) is 3.21. The molecule has 2 rings (SSSR count). The predicted molar refractivity (Wildman–Crippen MR) is 107 cm³/mol. The SMILES string of the molecule is CNC(C(=O)c1ccc(Cl)cc1)C(=O)N(CCOC)c1ccccc1.Cl. The molecular formula is C19H22Cl2N2O3. The van der Waals surface area contributed by atoms with Crippen molar-refractivity contribution in [3.8, 4) is 0 Å². The molecule has 0 aliphatic rings. The van der Waals surface area contributed by atoms with E-state index in [1.54, 1.807) is 43.3 Å². The van der Waals surface area contributed by atoms with Gasteiger partial charge in [0.05, 0.1) is 6.61 Å². The van der Waals surface area contributed by atoms with Crippen molar-refractivity contribution in [2.24, 2.45) is 0 Å². The van der Waals surface area contributed by atoms with Gasteiger partial charge in [-0.05, 0) is 43.4 Å². The summed E-state index contributed by atoms with van der Waals surface area (Å²) in [6.07, 6.45) is 0. The minimum Gasteiger partial charge on any atom is -0.383 e. The summed E-state index contributed by atoms with van der Waals surface area (Å²) in [6, 6.07) is 14.7. The fourth-order valence-electron chi connectivity index (χ4n) is 2.46. The highest BCUT2D eigenvalue weighted by molar-refractivity contribution is 6.30. The number of amides is 1. The van der Waals surface area contributed by atoms with E-state index in [4.69, 9.17) is 16.3 Å². The molecular weight excluding hydrogens is 375 g/mol. The number of para-hydroxylation sites is 1. The van der Waals surface area contributed by atoms with E-state index in [1.165, 1.54) is 0 Å². The molecule has 2 aromatic rings. The second-order valence-corrected chi connectivity index (χ2v) is 5.85. The van der Waals surface area contributed by atoms with Gasteiger partial charge in [0.1, 0.15) is 0 Å². The van der Waals surface area contributed by atoms with Crippen LogP contribution in [0.25, 0.3) is 0 Å². The first-order chi connectivity index (χ1) is 12.1. The summed E-state index contributed by atoms with van der Waals surface area (Å²) in [5.41, 5.74) is 1.14. The maximum absolute atomic E-state index is 13.0. The van der Waals surface area contributed by atoms with Crippen molar-refractivity contribution in [2.45, 2.75) is 6.04 Å². The first kappa shape index (κ1) is 22.1. The first-order valence-electron chi connectivity index (χ1n) is 7.91. The number of hydrogen-bond donors (Lipinski definition) is 1. The van der Waals surface area contributed by atoms with E-state index in [2.05, 4.69) is 5.32 Å². The third-order valence-corrected chi connectivity index (χ3v) is 4.03. The number of carbonyl (C=O) groups is 2. The fourth-order valence-corrected chi connectivity index (χ4v) is 2.59. The summed E-state index contributed by atoms with van der Waals surface area (Å²) in [5.74, 6) is -0.631. The molecule has 0 bridgehead atoms. The van der Waals surface area contributed by atoms with Crippen LogP contribution in [-0.2, 0) is 9.53 Å². The second kappa shape index (κ2) is 10.9. The van der Waals surface area contributed by atoms with Crippen LogP contribution >= 0.6 is 24.0 Å². The molecule has 0 spiro atoms. The average Bonchev–Trinajstić information content (AvgIpc) is 2.64. The third-order valence-electron chi connectivity index (χ3n) is 3.78. The molecule has 0 saturated carbocycles. The van der Waals surface area contributed by atoms with Gasteiger partial charge in [0, 0.05) is 29.9 Å². The number of anilines is 1. The lowest BCUT2D eigenvalue weighted by Crippen LogP contribution is -2.50. The Bertz CT molecular complexity index is 708. The normalized spacial score (nSPS) is 11.3. The van der Waals surface area contributed by atoms with Crippen LogP contribution in [0.5, 0.6) is 0 Å². The van der Waals surface area contributed by atoms with Crippen molar-refractivity contribution in [1.29, 1.82) is 0 Å². The van der Waals surface area contributed by atoms with E-state index in [-0.39, 0.29) is 24.1 Å². The van der Waals surface area contributed by atoms with Crippen LogP contribution in [0, 0.1) is 0 Å². The molecule has 0 fully saturated rings. The molecule has 1 N–H and O–H groups in total. The van der Waals surface area contributed by atoms with Gasteiger partial charge in [-0.15, -0.1) is 12.4 Å². The van der Waals surface area contributed by atoms with Gasteiger partial charge < -0.3 is 15.0 Å². The number of halogens is 2. The lowest BCUT2D eigenvalue weighted by Gasteiger charge is -2.26. The minimum atomic E-state index is -0.988. The number of ketones is 1. The molecule has 140 valence electrons. The first-order valence-corrected chi connectivity index (χ1v) is 8.28. The maximum atomic E-state index is 13.0. The van der Waals surface area contributed by atoms with E-state index >= 15 is 0 Å². The van der Waals surface area contributed by atoms with Gasteiger partial charge in [-0.3, -0.25) is 9.59 Å². The summed E-state index contributed by atoms with van der Waals surface area (Å²) in [5, 5.41) is 3.36. The second-order valence-electron chi connectivity index (χ2n) is 5.41. The van der Waals surface area contributed by atoms with Crippen LogP contribution < -0.4 is 10.2 Å². The number of likely N-dealkylation sites (N-methyl/N-ethyl adjacent to an activating group) is 1. The Morgan fingerprint density at radius 3 is 2.27 bits per heavy atom. The van der Waals surface area contributed by atoms with Gasteiger partial charge in [0.25, 0.3) is 5.91 Å². The summed E-state index contributed by atoms with van der Waals surface area (Å²) < 4.78 is 5.10. The number of Topliss-reactive ketones (excluding diaryl/α,β-unsaturated/α-hetero) is 1. The molecule has 0 radical (unpaired) electrons. The highest BCUT2D eigenvalue weighted by Crippen LogP contribution is 2.17. The van der Waals surface area contributed by atoms with Gasteiger partial charge in [0.2, 0.25) is 0 Å². The zero-order chi connectivity index (χ0) is 18.2. The Balaban J connectivity index is 0.00000338. The Hall–Kier alpha value is -1.92. The Morgan fingerprint density at radius 2 is 1.73 bits per heavy atom. The summed E-state index contributed by atoms with van der Waals surface area (Å²) in [4.78, 5) is 27.3. The topological polar surface area (TPSA) is 58.6 Å². The Morgan fingerprint density at radius 1 is 1.12 bits per heavy atom. The van der Waals surface area contributed by atoms with Crippen LogP contribution in [0.1, 0.15) is 10.4 Å². The molecule has 0 aliphatic heterocycles. The number of rotatable bonds is 8. The number of nitrogens with zero attached hydrogens (tertiary/aromatic N) is 1. The van der Waals surface area contributed by atoms with Gasteiger partial charge in [-0.1, -0.05) is 29.8 Å². The van der Waals surface area contributed by atoms with Crippen LogP contribution in [0.3, 0.4) is 0 Å². The standard InChI is InChI=1S/C19H21ClN2O3.ClH/c1-21-17(18(23)14-8-10-15(20)11-9-14)19(24)22(12-13-25-2)16-6-4-3-5-7-16;/h3-11,17,21H,12-13H2,1-2H3;1H. The van der Waals surface area contributed by atoms with Crippen LogP contribution in [0.2, 0.25) is 5.02 Å². The van der Waals surface area contributed by atoms with Crippen molar-refractivity contribution in [2.75, 3.05) is 32.2 Å². The van der Waals surface area contributed by atoms with Crippen LogP contribution in [0.4, 0.5) is 5.69 Å². The van der Waals surface area contributed by atoms with Crippen molar-refractivity contribution in [1.82, 2.24) is 5.32 Å². The molecule has 5 nitrogen and oxygen atoms in total. The van der Waals surface area contributed by atoms with E-state index in [0.29, 0.717) is 29.4 Å². The zero-order valence-corrected chi connectivity index (χ0v) is 16.2. The third kappa shape index (κ3) is 5.54. The molecule has 0 heterocycles. The largest absolute Gasteiger partial charge is 0.383 e. The summed E-state index contributed by atoms with van der Waals surface area (Å²) in [7, 11) is 3.16.